The Morgan fingerprint density at radius 3 is 2.26 bits per heavy atom. The van der Waals surface area contributed by atoms with Crippen LogP contribution in [0, 0.1) is 0 Å². The number of carbonyl (C=O) groups excluding carboxylic acids is 2. The summed E-state index contributed by atoms with van der Waals surface area (Å²) in [5.41, 5.74) is -0.208. The number of likely N-dealkylation sites (tertiary alicyclic amines) is 1. The predicted molar refractivity (Wildman–Crippen MR) is 104 cm³/mol. The lowest BCUT2D eigenvalue weighted by atomic mass is 10.1. The number of carbonyl (C=O) groups is 2. The summed E-state index contributed by atoms with van der Waals surface area (Å²) >= 11 is 3.49. The van der Waals surface area contributed by atoms with E-state index in [2.05, 4.69) is 21.0 Å². The standard InChI is InChI=1S/C18H29BrN4O4/c1-17(2,3)26-15(24)21(7)11-14-13(19)8-20-23(14)12-9-22(10-12)16(25)27-18(4,5)6/h8,12H,9-11H2,1-7H3. The van der Waals surface area contributed by atoms with Crippen LogP contribution in [0.4, 0.5) is 9.59 Å². The molecule has 0 saturated carbocycles. The highest BCUT2D eigenvalue weighted by Gasteiger charge is 2.36. The summed E-state index contributed by atoms with van der Waals surface area (Å²) in [5, 5.41) is 4.41. The number of aromatic nitrogens is 2. The molecule has 2 rings (SSSR count). The van der Waals surface area contributed by atoms with Crippen molar-refractivity contribution in [1.82, 2.24) is 19.6 Å². The molecule has 27 heavy (non-hydrogen) atoms. The maximum absolute atomic E-state index is 12.2. The molecule has 152 valence electrons. The summed E-state index contributed by atoms with van der Waals surface area (Å²) < 4.78 is 13.4. The van der Waals surface area contributed by atoms with Gasteiger partial charge in [0.05, 0.1) is 29.0 Å². The van der Waals surface area contributed by atoms with Crippen molar-refractivity contribution in [3.05, 3.63) is 16.4 Å². The summed E-state index contributed by atoms with van der Waals surface area (Å²) in [6.45, 7) is 12.4. The van der Waals surface area contributed by atoms with Crippen LogP contribution in [0.15, 0.2) is 10.7 Å². The van der Waals surface area contributed by atoms with Crippen molar-refractivity contribution in [2.24, 2.45) is 0 Å². The number of rotatable bonds is 3. The third-order valence-corrected chi connectivity index (χ3v) is 4.46. The molecule has 1 saturated heterocycles. The molecule has 8 nitrogen and oxygen atoms in total. The second-order valence-corrected chi connectivity index (χ2v) is 9.61. The monoisotopic (exact) mass is 444 g/mol. The third-order valence-electron chi connectivity index (χ3n) is 3.80. The minimum absolute atomic E-state index is 0.0471. The van der Waals surface area contributed by atoms with Crippen molar-refractivity contribution in [3.63, 3.8) is 0 Å². The summed E-state index contributed by atoms with van der Waals surface area (Å²) in [5.74, 6) is 0. The van der Waals surface area contributed by atoms with Gasteiger partial charge in [-0.1, -0.05) is 0 Å². The zero-order valence-electron chi connectivity index (χ0n) is 17.1. The lowest BCUT2D eigenvalue weighted by Crippen LogP contribution is -2.52. The number of nitrogens with zero attached hydrogens (tertiary/aromatic N) is 4. The molecule has 0 atom stereocenters. The summed E-state index contributed by atoms with van der Waals surface area (Å²) in [7, 11) is 1.69. The molecular formula is C18H29BrN4O4. The molecule has 0 aromatic carbocycles. The van der Waals surface area contributed by atoms with Crippen LogP contribution in [0.25, 0.3) is 0 Å². The molecule has 0 bridgehead atoms. The smallest absolute Gasteiger partial charge is 0.410 e. The maximum atomic E-state index is 12.2. The molecule has 0 aliphatic carbocycles. The molecule has 0 unspecified atom stereocenters. The van der Waals surface area contributed by atoms with Crippen LogP contribution in [0.1, 0.15) is 53.3 Å². The van der Waals surface area contributed by atoms with E-state index in [9.17, 15) is 9.59 Å². The molecule has 2 amide bonds. The molecule has 1 fully saturated rings. The minimum Gasteiger partial charge on any atom is -0.444 e. The zero-order valence-corrected chi connectivity index (χ0v) is 18.7. The van der Waals surface area contributed by atoms with E-state index in [1.54, 1.807) is 18.1 Å². The van der Waals surface area contributed by atoms with Gasteiger partial charge in [0.2, 0.25) is 0 Å². The van der Waals surface area contributed by atoms with E-state index in [-0.39, 0.29) is 12.1 Å². The molecular weight excluding hydrogens is 416 g/mol. The largest absolute Gasteiger partial charge is 0.444 e. The molecule has 0 N–H and O–H groups in total. The average molecular weight is 445 g/mol. The van der Waals surface area contributed by atoms with Crippen molar-refractivity contribution >= 4 is 28.1 Å². The second-order valence-electron chi connectivity index (χ2n) is 8.76. The first-order valence-corrected chi connectivity index (χ1v) is 9.70. The van der Waals surface area contributed by atoms with Gasteiger partial charge in [0, 0.05) is 20.1 Å². The van der Waals surface area contributed by atoms with E-state index < -0.39 is 17.3 Å². The third kappa shape index (κ3) is 5.85. The van der Waals surface area contributed by atoms with Crippen LogP contribution in [0.5, 0.6) is 0 Å². The van der Waals surface area contributed by atoms with Gasteiger partial charge in [-0.15, -0.1) is 0 Å². The molecule has 1 aliphatic rings. The Hall–Kier alpha value is -1.77. The van der Waals surface area contributed by atoms with Crippen LogP contribution < -0.4 is 0 Å². The summed E-state index contributed by atoms with van der Waals surface area (Å²) in [4.78, 5) is 27.5. The Kier molecular flexibility index (Phi) is 6.13. The van der Waals surface area contributed by atoms with Crippen LogP contribution in [-0.2, 0) is 16.0 Å². The number of amides is 2. The van der Waals surface area contributed by atoms with Crippen molar-refractivity contribution in [2.45, 2.75) is 65.3 Å². The Morgan fingerprint density at radius 2 is 1.74 bits per heavy atom. The number of halogens is 1. The number of ether oxygens (including phenoxy) is 2. The Labute approximate surface area is 168 Å². The SMILES string of the molecule is CN(Cc1c(Br)cnn1C1CN(C(=O)OC(C)(C)C)C1)C(=O)OC(C)(C)C. The summed E-state index contributed by atoms with van der Waals surface area (Å²) in [6, 6.07) is 0.0471. The van der Waals surface area contributed by atoms with E-state index in [4.69, 9.17) is 9.47 Å². The van der Waals surface area contributed by atoms with Gasteiger partial charge in [-0.3, -0.25) is 4.68 Å². The van der Waals surface area contributed by atoms with Gasteiger partial charge in [-0.05, 0) is 57.5 Å². The van der Waals surface area contributed by atoms with Crippen molar-refractivity contribution in [3.8, 4) is 0 Å². The normalized spacial score (nSPS) is 15.3. The van der Waals surface area contributed by atoms with Gasteiger partial charge >= 0.3 is 12.2 Å². The number of hydrogen-bond donors (Lipinski definition) is 0. The maximum Gasteiger partial charge on any atom is 0.410 e. The average Bonchev–Trinajstić information content (AvgIpc) is 2.75. The minimum atomic E-state index is -0.551. The Morgan fingerprint density at radius 1 is 1.19 bits per heavy atom. The highest BCUT2D eigenvalue weighted by molar-refractivity contribution is 9.10. The molecule has 0 spiro atoms. The van der Waals surface area contributed by atoms with Crippen molar-refractivity contribution < 1.29 is 19.1 Å². The molecule has 1 aromatic rings. The lowest BCUT2D eigenvalue weighted by Gasteiger charge is -2.40. The second kappa shape index (κ2) is 7.69. The fourth-order valence-corrected chi connectivity index (χ4v) is 2.94. The van der Waals surface area contributed by atoms with Gasteiger partial charge in [0.25, 0.3) is 0 Å². The van der Waals surface area contributed by atoms with E-state index in [0.29, 0.717) is 19.6 Å². The molecule has 0 radical (unpaired) electrons. The Balaban J connectivity index is 2.00. The predicted octanol–water partition coefficient (Wildman–Crippen LogP) is 3.80. The van der Waals surface area contributed by atoms with Gasteiger partial charge in [-0.2, -0.15) is 5.10 Å². The number of hydrogen-bond acceptors (Lipinski definition) is 5. The van der Waals surface area contributed by atoms with Gasteiger partial charge in [-0.25, -0.2) is 9.59 Å². The van der Waals surface area contributed by atoms with E-state index >= 15 is 0 Å². The van der Waals surface area contributed by atoms with Gasteiger partial charge < -0.3 is 19.3 Å². The fourth-order valence-electron chi connectivity index (χ4n) is 2.54. The van der Waals surface area contributed by atoms with Crippen LogP contribution in [0.3, 0.4) is 0 Å². The van der Waals surface area contributed by atoms with Crippen LogP contribution in [0.2, 0.25) is 0 Å². The molecule has 9 heteroatoms. The topological polar surface area (TPSA) is 76.9 Å². The van der Waals surface area contributed by atoms with Crippen molar-refractivity contribution in [1.29, 1.82) is 0 Å². The zero-order chi connectivity index (χ0) is 20.6. The first kappa shape index (κ1) is 21.5. The quantitative estimate of drug-likeness (QED) is 0.708. The highest BCUT2D eigenvalue weighted by atomic mass is 79.9. The van der Waals surface area contributed by atoms with E-state index in [0.717, 1.165) is 10.2 Å². The first-order chi connectivity index (χ1) is 12.3. The van der Waals surface area contributed by atoms with E-state index in [1.807, 2.05) is 46.2 Å². The van der Waals surface area contributed by atoms with Crippen LogP contribution >= 0.6 is 15.9 Å². The first-order valence-electron chi connectivity index (χ1n) is 8.91. The molecule has 2 heterocycles. The van der Waals surface area contributed by atoms with Gasteiger partial charge in [0.1, 0.15) is 11.2 Å². The Bertz CT molecular complexity index is 699. The summed E-state index contributed by atoms with van der Waals surface area (Å²) in [6.07, 6.45) is 0.984. The lowest BCUT2D eigenvalue weighted by molar-refractivity contribution is -0.00107. The fraction of sp³-hybridized carbons (Fsp3) is 0.722. The van der Waals surface area contributed by atoms with E-state index in [1.165, 1.54) is 4.90 Å². The highest BCUT2D eigenvalue weighted by Crippen LogP contribution is 2.28. The van der Waals surface area contributed by atoms with Crippen molar-refractivity contribution in [2.75, 3.05) is 20.1 Å². The van der Waals surface area contributed by atoms with Crippen LogP contribution in [-0.4, -0.2) is 63.1 Å². The molecule has 1 aliphatic heterocycles. The van der Waals surface area contributed by atoms with Gasteiger partial charge in [0.15, 0.2) is 0 Å². The molecule has 1 aromatic heterocycles.